The van der Waals surface area contributed by atoms with E-state index in [1.54, 1.807) is 12.1 Å². The molecule has 2 heteroatoms. The lowest BCUT2D eigenvalue weighted by Gasteiger charge is -2.19. The van der Waals surface area contributed by atoms with E-state index in [2.05, 4.69) is 57.2 Å². The van der Waals surface area contributed by atoms with Crippen molar-refractivity contribution in [2.75, 3.05) is 0 Å². The Morgan fingerprint density at radius 2 is 1.48 bits per heavy atom. The molecule has 0 unspecified atom stereocenters. The summed E-state index contributed by atoms with van der Waals surface area (Å²) < 4.78 is 0. The van der Waals surface area contributed by atoms with Gasteiger partial charge in [0, 0.05) is 5.02 Å². The van der Waals surface area contributed by atoms with Crippen molar-refractivity contribution in [3.05, 3.63) is 99.6 Å². The van der Waals surface area contributed by atoms with Gasteiger partial charge in [0.2, 0.25) is 0 Å². The van der Waals surface area contributed by atoms with Gasteiger partial charge in [-0.3, -0.25) is 0 Å². The number of phenolic OH excluding ortho intramolecular Hbond substituents is 1. The molecule has 3 rings (SSSR count). The van der Waals surface area contributed by atoms with Crippen LogP contribution in [0.1, 0.15) is 47.6 Å². The number of rotatable bonds is 5. The first kappa shape index (κ1) is 19.3. The second-order valence-electron chi connectivity index (χ2n) is 6.98. The van der Waals surface area contributed by atoms with Gasteiger partial charge in [-0.05, 0) is 77.9 Å². The molecule has 1 nitrogen and oxygen atoms in total. The van der Waals surface area contributed by atoms with Crippen LogP contribution in [-0.4, -0.2) is 5.11 Å². The average Bonchev–Trinajstić information content (AvgIpc) is 2.66. The Hall–Kier alpha value is -2.51. The summed E-state index contributed by atoms with van der Waals surface area (Å²) in [4.78, 5) is 0. The SMILES string of the molecule is CCC/C(=C(/c1ccc(C)cc1)c1cc(Cl)ccc1C)c1ccc(O)cc1. The maximum atomic E-state index is 9.72. The molecule has 138 valence electrons. The van der Waals surface area contributed by atoms with Crippen molar-refractivity contribution in [2.24, 2.45) is 0 Å². The Labute approximate surface area is 167 Å². The zero-order valence-corrected chi connectivity index (χ0v) is 16.8. The summed E-state index contributed by atoms with van der Waals surface area (Å²) in [7, 11) is 0. The van der Waals surface area contributed by atoms with Gasteiger partial charge in [0.05, 0.1) is 0 Å². The largest absolute Gasteiger partial charge is 0.508 e. The summed E-state index contributed by atoms with van der Waals surface area (Å²) in [6, 6.07) is 22.2. The van der Waals surface area contributed by atoms with Crippen molar-refractivity contribution < 1.29 is 5.11 Å². The molecule has 0 atom stereocenters. The van der Waals surface area contributed by atoms with E-state index in [-0.39, 0.29) is 5.75 Å². The van der Waals surface area contributed by atoms with Gasteiger partial charge in [0.25, 0.3) is 0 Å². The monoisotopic (exact) mass is 376 g/mol. The molecule has 0 aliphatic carbocycles. The second-order valence-corrected chi connectivity index (χ2v) is 7.41. The number of benzene rings is 3. The van der Waals surface area contributed by atoms with Gasteiger partial charge in [0.15, 0.2) is 0 Å². The van der Waals surface area contributed by atoms with Crippen molar-refractivity contribution in [3.8, 4) is 5.75 Å². The third-order valence-electron chi connectivity index (χ3n) is 4.83. The molecule has 0 fully saturated rings. The fourth-order valence-corrected chi connectivity index (χ4v) is 3.57. The average molecular weight is 377 g/mol. The molecule has 3 aromatic carbocycles. The summed E-state index contributed by atoms with van der Waals surface area (Å²) in [5.74, 6) is 0.283. The first-order valence-corrected chi connectivity index (χ1v) is 9.73. The summed E-state index contributed by atoms with van der Waals surface area (Å²) in [5.41, 5.74) is 8.38. The summed E-state index contributed by atoms with van der Waals surface area (Å²) in [6.07, 6.45) is 1.98. The standard InChI is InChI=1S/C25H25ClO/c1-4-5-23(19-11-14-22(27)15-12-19)25(20-9-6-17(2)7-10-20)24-16-21(26)13-8-18(24)3/h6-16,27H,4-5H2,1-3H3/b25-23+. The number of hydrogen-bond donors (Lipinski definition) is 1. The highest BCUT2D eigenvalue weighted by molar-refractivity contribution is 6.30. The first-order chi connectivity index (χ1) is 13.0. The highest BCUT2D eigenvalue weighted by Gasteiger charge is 2.16. The van der Waals surface area contributed by atoms with Crippen LogP contribution in [0.25, 0.3) is 11.1 Å². The van der Waals surface area contributed by atoms with E-state index in [1.807, 2.05) is 18.2 Å². The van der Waals surface area contributed by atoms with Gasteiger partial charge in [-0.25, -0.2) is 0 Å². The molecule has 0 heterocycles. The van der Waals surface area contributed by atoms with Crippen LogP contribution in [0.5, 0.6) is 5.75 Å². The molecule has 0 amide bonds. The van der Waals surface area contributed by atoms with Crippen LogP contribution < -0.4 is 0 Å². The number of hydrogen-bond acceptors (Lipinski definition) is 1. The third kappa shape index (κ3) is 4.43. The zero-order chi connectivity index (χ0) is 19.4. The Bertz CT molecular complexity index is 951. The highest BCUT2D eigenvalue weighted by Crippen LogP contribution is 2.37. The van der Waals surface area contributed by atoms with Gasteiger partial charge >= 0.3 is 0 Å². The predicted molar refractivity (Wildman–Crippen MR) is 116 cm³/mol. The molecule has 0 saturated carbocycles. The van der Waals surface area contributed by atoms with Crippen LogP contribution in [0.2, 0.25) is 5.02 Å². The van der Waals surface area contributed by atoms with Crippen LogP contribution in [0.15, 0.2) is 66.7 Å². The molecule has 0 aromatic heterocycles. The van der Waals surface area contributed by atoms with Crippen LogP contribution in [0, 0.1) is 13.8 Å². The maximum absolute atomic E-state index is 9.72. The Balaban J connectivity index is 2.34. The van der Waals surface area contributed by atoms with Crippen molar-refractivity contribution in [3.63, 3.8) is 0 Å². The lowest BCUT2D eigenvalue weighted by molar-refractivity contribution is 0.475. The first-order valence-electron chi connectivity index (χ1n) is 9.35. The van der Waals surface area contributed by atoms with Gasteiger partial charge in [-0.15, -0.1) is 0 Å². The molecule has 0 radical (unpaired) electrons. The van der Waals surface area contributed by atoms with Crippen molar-refractivity contribution in [1.82, 2.24) is 0 Å². The molecule has 0 spiro atoms. The molecule has 27 heavy (non-hydrogen) atoms. The Kier molecular flexibility index (Phi) is 6.03. The number of aromatic hydroxyl groups is 1. The van der Waals surface area contributed by atoms with E-state index in [4.69, 9.17) is 11.6 Å². The van der Waals surface area contributed by atoms with E-state index in [0.717, 1.165) is 29.0 Å². The lowest BCUT2D eigenvalue weighted by atomic mass is 9.85. The Morgan fingerprint density at radius 1 is 0.852 bits per heavy atom. The van der Waals surface area contributed by atoms with Gasteiger partial charge in [-0.1, -0.05) is 73.0 Å². The minimum Gasteiger partial charge on any atom is -0.508 e. The number of allylic oxidation sites excluding steroid dienone is 1. The van der Waals surface area contributed by atoms with E-state index < -0.39 is 0 Å². The number of aryl methyl sites for hydroxylation is 2. The van der Waals surface area contributed by atoms with E-state index in [0.29, 0.717) is 0 Å². The predicted octanol–water partition coefficient (Wildman–Crippen LogP) is 7.42. The fourth-order valence-electron chi connectivity index (χ4n) is 3.40. The Morgan fingerprint density at radius 3 is 2.11 bits per heavy atom. The lowest BCUT2D eigenvalue weighted by Crippen LogP contribution is -1.98. The van der Waals surface area contributed by atoms with Gasteiger partial charge in [-0.2, -0.15) is 0 Å². The van der Waals surface area contributed by atoms with Crippen LogP contribution >= 0.6 is 11.6 Å². The minimum atomic E-state index is 0.283. The molecule has 1 N–H and O–H groups in total. The molecule has 3 aromatic rings. The topological polar surface area (TPSA) is 20.2 Å². The van der Waals surface area contributed by atoms with Gasteiger partial charge < -0.3 is 5.11 Å². The third-order valence-corrected chi connectivity index (χ3v) is 5.06. The quantitative estimate of drug-likeness (QED) is 0.459. The second kappa shape index (κ2) is 8.45. The van der Waals surface area contributed by atoms with E-state index in [1.165, 1.54) is 27.8 Å². The summed E-state index contributed by atoms with van der Waals surface area (Å²) in [5, 5.41) is 10.5. The fraction of sp³-hybridized carbons (Fsp3) is 0.200. The van der Waals surface area contributed by atoms with Crippen molar-refractivity contribution in [1.29, 1.82) is 0 Å². The molecular weight excluding hydrogens is 352 g/mol. The molecular formula is C25H25ClO. The summed E-state index contributed by atoms with van der Waals surface area (Å²) >= 11 is 6.37. The van der Waals surface area contributed by atoms with Crippen molar-refractivity contribution in [2.45, 2.75) is 33.6 Å². The normalized spacial score (nSPS) is 12.0. The summed E-state index contributed by atoms with van der Waals surface area (Å²) in [6.45, 7) is 6.42. The van der Waals surface area contributed by atoms with E-state index >= 15 is 0 Å². The highest BCUT2D eigenvalue weighted by atomic mass is 35.5. The molecule has 0 aliphatic rings. The zero-order valence-electron chi connectivity index (χ0n) is 16.1. The van der Waals surface area contributed by atoms with Gasteiger partial charge in [0.1, 0.15) is 5.75 Å². The molecule has 0 aliphatic heterocycles. The van der Waals surface area contributed by atoms with E-state index in [9.17, 15) is 5.11 Å². The molecule has 0 bridgehead atoms. The van der Waals surface area contributed by atoms with Crippen LogP contribution in [0.4, 0.5) is 0 Å². The smallest absolute Gasteiger partial charge is 0.115 e. The van der Waals surface area contributed by atoms with Crippen LogP contribution in [-0.2, 0) is 0 Å². The maximum Gasteiger partial charge on any atom is 0.115 e. The van der Waals surface area contributed by atoms with Crippen molar-refractivity contribution >= 4 is 22.7 Å². The number of halogens is 1. The molecule has 0 saturated heterocycles. The minimum absolute atomic E-state index is 0.283. The number of phenols is 1. The van der Waals surface area contributed by atoms with Crippen LogP contribution in [0.3, 0.4) is 0 Å².